The van der Waals surface area contributed by atoms with Gasteiger partial charge in [0.15, 0.2) is 0 Å². The fourth-order valence-corrected chi connectivity index (χ4v) is 7.19. The molecule has 1 fully saturated rings. The summed E-state index contributed by atoms with van der Waals surface area (Å²) in [6.07, 6.45) is 14.6. The molecule has 2 aromatic rings. The average molecular weight is 616 g/mol. The standard InChI is InChI=1S/C31H39ClFN5O3S/c1-4-22-8-9-24(18-25(17-22)37-14-6-5-7-23(12-15-37)21(2)3)29-19-38(36-34-29)31-27(33)10-11-28(30(31)32)35-42(39,40)26-13-16-41-20-26/h10-11,13,16-18,20-21,23,35H,4-9,12,14-15,19H2,1-3H3/b29-24+. The van der Waals surface area contributed by atoms with Crippen LogP contribution >= 0.6 is 11.6 Å². The van der Waals surface area contributed by atoms with Crippen LogP contribution in [0.3, 0.4) is 0 Å². The maximum Gasteiger partial charge on any atom is 0.265 e. The Labute approximate surface area is 253 Å². The van der Waals surface area contributed by atoms with Crippen molar-refractivity contribution < 1.29 is 17.2 Å². The van der Waals surface area contributed by atoms with Crippen LogP contribution in [0.1, 0.15) is 65.7 Å². The highest BCUT2D eigenvalue weighted by Gasteiger charge is 2.27. The number of halogens is 2. The summed E-state index contributed by atoms with van der Waals surface area (Å²) in [6, 6.07) is 3.77. The van der Waals surface area contributed by atoms with Crippen molar-refractivity contribution in [1.82, 2.24) is 4.90 Å². The lowest BCUT2D eigenvalue weighted by atomic mass is 9.86. The van der Waals surface area contributed by atoms with Crippen LogP contribution in [0.5, 0.6) is 0 Å². The van der Waals surface area contributed by atoms with Crippen molar-refractivity contribution in [2.24, 2.45) is 22.2 Å². The van der Waals surface area contributed by atoms with Gasteiger partial charge in [-0.25, -0.2) is 17.8 Å². The lowest BCUT2D eigenvalue weighted by Gasteiger charge is -2.32. The molecule has 2 aliphatic heterocycles. The molecule has 5 rings (SSSR count). The molecule has 8 nitrogen and oxygen atoms in total. The molecule has 0 amide bonds. The normalized spacial score (nSPS) is 22.1. The van der Waals surface area contributed by atoms with Crippen LogP contribution in [0.15, 0.2) is 85.1 Å². The van der Waals surface area contributed by atoms with Crippen molar-refractivity contribution >= 4 is 33.0 Å². The molecule has 0 radical (unpaired) electrons. The van der Waals surface area contributed by atoms with Gasteiger partial charge in [-0.1, -0.05) is 56.0 Å². The fraction of sp³-hybridized carbons (Fsp3) is 0.484. The summed E-state index contributed by atoms with van der Waals surface area (Å²) in [5, 5.41) is 10.0. The Hall–Kier alpha value is -3.11. The second-order valence-electron chi connectivity index (χ2n) is 11.5. The third-order valence-electron chi connectivity index (χ3n) is 8.49. The van der Waals surface area contributed by atoms with Crippen molar-refractivity contribution in [3.63, 3.8) is 0 Å². The molecule has 0 bridgehead atoms. The SMILES string of the molecule is CCC1=CC(N2CCCCC(C(C)C)CC2)=C/C(=C2\CN(c3c(F)ccc(NS(=O)(=O)c4ccoc4)c3Cl)N=N2)CC1. The monoisotopic (exact) mass is 615 g/mol. The lowest BCUT2D eigenvalue weighted by molar-refractivity contribution is 0.233. The van der Waals surface area contributed by atoms with Gasteiger partial charge in [-0.15, -0.1) is 5.11 Å². The van der Waals surface area contributed by atoms with Crippen molar-refractivity contribution in [2.45, 2.75) is 70.6 Å². The molecule has 42 heavy (non-hydrogen) atoms. The summed E-state index contributed by atoms with van der Waals surface area (Å²) >= 11 is 6.57. The molecule has 0 saturated carbocycles. The molecule has 1 aromatic carbocycles. The first-order valence-electron chi connectivity index (χ1n) is 14.8. The zero-order chi connectivity index (χ0) is 29.9. The predicted molar refractivity (Wildman–Crippen MR) is 164 cm³/mol. The summed E-state index contributed by atoms with van der Waals surface area (Å²) in [7, 11) is -3.97. The van der Waals surface area contributed by atoms with E-state index in [0.717, 1.165) is 55.8 Å². The van der Waals surface area contributed by atoms with Gasteiger partial charge < -0.3 is 9.32 Å². The number of anilines is 2. The van der Waals surface area contributed by atoms with Crippen molar-refractivity contribution in [3.8, 4) is 0 Å². The van der Waals surface area contributed by atoms with E-state index in [1.807, 2.05) is 0 Å². The molecule has 1 saturated heterocycles. The molecule has 1 aliphatic carbocycles. The zero-order valence-electron chi connectivity index (χ0n) is 24.4. The summed E-state index contributed by atoms with van der Waals surface area (Å²) < 4.78 is 47.9. The third kappa shape index (κ3) is 6.75. The summed E-state index contributed by atoms with van der Waals surface area (Å²) in [5.74, 6) is 0.802. The van der Waals surface area contributed by atoms with Gasteiger partial charge in [0.25, 0.3) is 10.0 Å². The second-order valence-corrected chi connectivity index (χ2v) is 13.6. The number of furan rings is 1. The van der Waals surface area contributed by atoms with Crippen LogP contribution in [0.4, 0.5) is 15.8 Å². The zero-order valence-corrected chi connectivity index (χ0v) is 26.0. The fourth-order valence-electron chi connectivity index (χ4n) is 5.84. The Kier molecular flexibility index (Phi) is 9.42. The van der Waals surface area contributed by atoms with Gasteiger partial charge in [0.1, 0.15) is 22.7 Å². The second kappa shape index (κ2) is 13.0. The first kappa shape index (κ1) is 30.4. The van der Waals surface area contributed by atoms with E-state index >= 15 is 4.39 Å². The van der Waals surface area contributed by atoms with Gasteiger partial charge >= 0.3 is 0 Å². The molecular formula is C31H39ClFN5O3S. The smallest absolute Gasteiger partial charge is 0.265 e. The van der Waals surface area contributed by atoms with E-state index in [4.69, 9.17) is 16.0 Å². The Morgan fingerprint density at radius 2 is 1.98 bits per heavy atom. The van der Waals surface area contributed by atoms with Gasteiger partial charge in [0.05, 0.1) is 29.2 Å². The number of nitrogens with one attached hydrogen (secondary N) is 1. The molecule has 11 heteroatoms. The highest BCUT2D eigenvalue weighted by Crippen LogP contribution is 2.40. The van der Waals surface area contributed by atoms with Crippen LogP contribution in [0, 0.1) is 17.7 Å². The number of hydrogen-bond acceptors (Lipinski definition) is 7. The lowest BCUT2D eigenvalue weighted by Crippen LogP contribution is -2.29. The Bertz CT molecular complexity index is 1510. The van der Waals surface area contributed by atoms with E-state index in [0.29, 0.717) is 5.92 Å². The maximum absolute atomic E-state index is 15.1. The highest BCUT2D eigenvalue weighted by atomic mass is 35.5. The quantitative estimate of drug-likeness (QED) is 0.337. The minimum absolute atomic E-state index is 0.0305. The van der Waals surface area contributed by atoms with E-state index in [1.165, 1.54) is 66.4 Å². The van der Waals surface area contributed by atoms with Crippen molar-refractivity contribution in [3.05, 3.63) is 76.3 Å². The number of sulfonamides is 1. The molecule has 3 heterocycles. The number of nitrogens with zero attached hydrogens (tertiary/aromatic N) is 4. The van der Waals surface area contributed by atoms with Crippen LogP contribution < -0.4 is 9.73 Å². The third-order valence-corrected chi connectivity index (χ3v) is 10.2. The molecule has 226 valence electrons. The molecule has 1 N–H and O–H groups in total. The van der Waals surface area contributed by atoms with Crippen LogP contribution in [-0.4, -0.2) is 33.0 Å². The maximum atomic E-state index is 15.1. The topological polar surface area (TPSA) is 90.5 Å². The van der Waals surface area contributed by atoms with E-state index in [-0.39, 0.29) is 27.8 Å². The van der Waals surface area contributed by atoms with Gasteiger partial charge in [0, 0.05) is 18.8 Å². The summed E-state index contributed by atoms with van der Waals surface area (Å²) in [6.45, 7) is 9.14. The van der Waals surface area contributed by atoms with Gasteiger partial charge in [-0.2, -0.15) is 0 Å². The first-order chi connectivity index (χ1) is 20.2. The summed E-state index contributed by atoms with van der Waals surface area (Å²) in [5.41, 5.74) is 4.45. The Morgan fingerprint density at radius 1 is 1.14 bits per heavy atom. The Morgan fingerprint density at radius 3 is 2.71 bits per heavy atom. The van der Waals surface area contributed by atoms with E-state index in [2.05, 4.69) is 52.9 Å². The number of hydrogen-bond donors (Lipinski definition) is 1. The van der Waals surface area contributed by atoms with Crippen molar-refractivity contribution in [2.75, 3.05) is 29.4 Å². The van der Waals surface area contributed by atoms with Gasteiger partial charge in [-0.3, -0.25) is 4.72 Å². The number of allylic oxidation sites excluding steroid dienone is 4. The minimum Gasteiger partial charge on any atom is -0.471 e. The highest BCUT2D eigenvalue weighted by molar-refractivity contribution is 7.92. The number of benzene rings is 1. The average Bonchev–Trinajstić information content (AvgIpc) is 3.61. The molecule has 3 aliphatic rings. The predicted octanol–water partition coefficient (Wildman–Crippen LogP) is 8.48. The van der Waals surface area contributed by atoms with Crippen molar-refractivity contribution in [1.29, 1.82) is 0 Å². The minimum atomic E-state index is -3.97. The van der Waals surface area contributed by atoms with Crippen LogP contribution in [0.25, 0.3) is 0 Å². The van der Waals surface area contributed by atoms with Crippen LogP contribution in [0.2, 0.25) is 5.02 Å². The van der Waals surface area contributed by atoms with Gasteiger partial charge in [0.2, 0.25) is 0 Å². The first-order valence-corrected chi connectivity index (χ1v) is 16.6. The molecule has 1 unspecified atom stereocenters. The van der Waals surface area contributed by atoms with E-state index in [9.17, 15) is 8.42 Å². The van der Waals surface area contributed by atoms with E-state index < -0.39 is 15.8 Å². The number of rotatable bonds is 7. The molecule has 1 atom stereocenters. The van der Waals surface area contributed by atoms with Gasteiger partial charge in [-0.05, 0) is 79.9 Å². The largest absolute Gasteiger partial charge is 0.471 e. The summed E-state index contributed by atoms with van der Waals surface area (Å²) in [4.78, 5) is 2.46. The van der Waals surface area contributed by atoms with E-state index in [1.54, 1.807) is 0 Å². The molecule has 0 spiro atoms. The molecule has 1 aromatic heterocycles. The number of likely N-dealkylation sites (tertiary alicyclic amines) is 1. The molecular weight excluding hydrogens is 577 g/mol. The Balaban J connectivity index is 1.40. The van der Waals surface area contributed by atoms with Crippen LogP contribution in [-0.2, 0) is 10.0 Å².